The molecule has 6 heteroatoms. The molecule has 4 aliphatic rings. The highest BCUT2D eigenvalue weighted by atomic mass is 16.5. The SMILES string of the molecule is O=C(N[C@@H]1CN2CCC1CC2)c1n[nH]c2ccc(OCC3CC3)cc12. The van der Waals surface area contributed by atoms with Gasteiger partial charge in [0, 0.05) is 18.0 Å². The van der Waals surface area contributed by atoms with Crippen LogP contribution in [-0.4, -0.2) is 53.3 Å². The molecule has 2 aromatic rings. The van der Waals surface area contributed by atoms with Crippen molar-refractivity contribution in [1.29, 1.82) is 0 Å². The second kappa shape index (κ2) is 6.02. The van der Waals surface area contributed by atoms with Crippen molar-refractivity contribution in [1.82, 2.24) is 20.4 Å². The number of hydrogen-bond donors (Lipinski definition) is 2. The number of carbonyl (C=O) groups is 1. The van der Waals surface area contributed by atoms with E-state index in [1.165, 1.54) is 38.8 Å². The van der Waals surface area contributed by atoms with Crippen molar-refractivity contribution in [3.63, 3.8) is 0 Å². The number of benzene rings is 1. The lowest BCUT2D eigenvalue weighted by atomic mass is 9.84. The number of hydrogen-bond acceptors (Lipinski definition) is 4. The predicted octanol–water partition coefficient (Wildman–Crippen LogP) is 2.18. The topological polar surface area (TPSA) is 70.2 Å². The number of nitrogens with zero attached hydrogens (tertiary/aromatic N) is 2. The van der Waals surface area contributed by atoms with E-state index in [9.17, 15) is 4.79 Å². The van der Waals surface area contributed by atoms with Gasteiger partial charge in [0.2, 0.25) is 0 Å². The normalized spacial score (nSPS) is 28.2. The van der Waals surface area contributed by atoms with E-state index >= 15 is 0 Å². The summed E-state index contributed by atoms with van der Waals surface area (Å²) in [7, 11) is 0. The summed E-state index contributed by atoms with van der Waals surface area (Å²) < 4.78 is 5.85. The zero-order valence-electron chi connectivity index (χ0n) is 14.3. The number of amides is 1. The molecule has 4 heterocycles. The zero-order valence-corrected chi connectivity index (χ0v) is 14.3. The number of aromatic amines is 1. The predicted molar refractivity (Wildman–Crippen MR) is 94.7 cm³/mol. The van der Waals surface area contributed by atoms with Crippen LogP contribution in [0.3, 0.4) is 0 Å². The van der Waals surface area contributed by atoms with Gasteiger partial charge in [-0.1, -0.05) is 0 Å². The van der Waals surface area contributed by atoms with Crippen LogP contribution < -0.4 is 10.1 Å². The number of rotatable bonds is 5. The van der Waals surface area contributed by atoms with Crippen LogP contribution in [-0.2, 0) is 0 Å². The maximum Gasteiger partial charge on any atom is 0.272 e. The minimum Gasteiger partial charge on any atom is -0.493 e. The monoisotopic (exact) mass is 340 g/mol. The molecule has 6 nitrogen and oxygen atoms in total. The summed E-state index contributed by atoms with van der Waals surface area (Å²) in [6.45, 7) is 4.08. The molecule has 0 spiro atoms. The summed E-state index contributed by atoms with van der Waals surface area (Å²) >= 11 is 0. The number of piperidine rings is 3. The Morgan fingerprint density at radius 3 is 2.84 bits per heavy atom. The van der Waals surface area contributed by atoms with Gasteiger partial charge in [-0.05, 0) is 68.8 Å². The lowest BCUT2D eigenvalue weighted by Gasteiger charge is -2.44. The smallest absolute Gasteiger partial charge is 0.272 e. The molecule has 2 bridgehead atoms. The number of aromatic nitrogens is 2. The van der Waals surface area contributed by atoms with Crippen LogP contribution in [0.5, 0.6) is 5.75 Å². The second-order valence-electron chi connectivity index (χ2n) is 7.75. The van der Waals surface area contributed by atoms with E-state index in [0.717, 1.165) is 29.8 Å². The second-order valence-corrected chi connectivity index (χ2v) is 7.75. The Kier molecular flexibility index (Phi) is 3.66. The summed E-state index contributed by atoms with van der Waals surface area (Å²) in [5.74, 6) is 2.05. The lowest BCUT2D eigenvalue weighted by Crippen LogP contribution is -2.57. The largest absolute Gasteiger partial charge is 0.493 e. The van der Waals surface area contributed by atoms with Crippen molar-refractivity contribution in [2.75, 3.05) is 26.2 Å². The van der Waals surface area contributed by atoms with E-state index in [-0.39, 0.29) is 11.9 Å². The Labute approximate surface area is 146 Å². The van der Waals surface area contributed by atoms with Gasteiger partial charge in [0.05, 0.1) is 12.1 Å². The maximum atomic E-state index is 12.8. The molecule has 2 N–H and O–H groups in total. The van der Waals surface area contributed by atoms with Gasteiger partial charge < -0.3 is 15.0 Å². The van der Waals surface area contributed by atoms with Crippen LogP contribution in [0.1, 0.15) is 36.2 Å². The average molecular weight is 340 g/mol. The first-order valence-corrected chi connectivity index (χ1v) is 9.40. The van der Waals surface area contributed by atoms with Gasteiger partial charge in [-0.2, -0.15) is 5.10 Å². The minimum absolute atomic E-state index is 0.0793. The van der Waals surface area contributed by atoms with Crippen molar-refractivity contribution in [3.05, 3.63) is 23.9 Å². The summed E-state index contributed by atoms with van der Waals surface area (Å²) in [6.07, 6.45) is 4.90. The van der Waals surface area contributed by atoms with Crippen LogP contribution in [0, 0.1) is 11.8 Å². The Bertz CT molecular complexity index is 790. The van der Waals surface area contributed by atoms with Crippen LogP contribution >= 0.6 is 0 Å². The molecule has 25 heavy (non-hydrogen) atoms. The molecule has 1 aliphatic carbocycles. The molecule has 1 amide bonds. The molecule has 1 aromatic heterocycles. The summed E-state index contributed by atoms with van der Waals surface area (Å²) in [5, 5.41) is 11.3. The van der Waals surface area contributed by atoms with E-state index in [1.807, 2.05) is 18.2 Å². The van der Waals surface area contributed by atoms with Crippen molar-refractivity contribution in [3.8, 4) is 5.75 Å². The fourth-order valence-electron chi connectivity index (χ4n) is 4.12. The maximum absolute atomic E-state index is 12.8. The van der Waals surface area contributed by atoms with Crippen molar-refractivity contribution in [2.24, 2.45) is 11.8 Å². The van der Waals surface area contributed by atoms with Gasteiger partial charge in [0.15, 0.2) is 5.69 Å². The minimum atomic E-state index is -0.0793. The van der Waals surface area contributed by atoms with Crippen LogP contribution in [0.25, 0.3) is 10.9 Å². The fourth-order valence-corrected chi connectivity index (χ4v) is 4.12. The molecular weight excluding hydrogens is 316 g/mol. The molecular formula is C19H24N4O2. The number of carbonyl (C=O) groups excluding carboxylic acids is 1. The number of ether oxygens (including phenoxy) is 1. The molecule has 1 aromatic carbocycles. The van der Waals surface area contributed by atoms with Crippen molar-refractivity contribution in [2.45, 2.75) is 31.7 Å². The molecule has 1 saturated carbocycles. The first-order chi connectivity index (χ1) is 12.3. The fraction of sp³-hybridized carbons (Fsp3) is 0.579. The first-order valence-electron chi connectivity index (χ1n) is 9.40. The Morgan fingerprint density at radius 1 is 1.28 bits per heavy atom. The first kappa shape index (κ1) is 15.2. The van der Waals surface area contributed by atoms with Gasteiger partial charge >= 0.3 is 0 Å². The van der Waals surface area contributed by atoms with Gasteiger partial charge in [0.1, 0.15) is 5.75 Å². The van der Waals surface area contributed by atoms with Crippen molar-refractivity contribution >= 4 is 16.8 Å². The van der Waals surface area contributed by atoms with Crippen molar-refractivity contribution < 1.29 is 9.53 Å². The van der Waals surface area contributed by atoms with Gasteiger partial charge in [-0.25, -0.2) is 0 Å². The van der Waals surface area contributed by atoms with E-state index in [2.05, 4.69) is 20.4 Å². The molecule has 0 unspecified atom stereocenters. The van der Waals surface area contributed by atoms with E-state index in [0.29, 0.717) is 17.5 Å². The quantitative estimate of drug-likeness (QED) is 0.875. The highest BCUT2D eigenvalue weighted by Crippen LogP contribution is 2.31. The summed E-state index contributed by atoms with van der Waals surface area (Å²) in [4.78, 5) is 15.2. The standard InChI is InChI=1S/C19H24N4O2/c24-19(20-17-10-23-7-5-13(17)6-8-23)18-15-9-14(25-11-12-1-2-12)3-4-16(15)21-22-18/h3-4,9,12-13,17H,1-2,5-8,10-11H2,(H,20,24)(H,21,22)/t17-/m1/s1. The molecule has 132 valence electrons. The third-order valence-corrected chi connectivity index (χ3v) is 5.90. The molecule has 1 atom stereocenters. The summed E-state index contributed by atoms with van der Waals surface area (Å²) in [5.41, 5.74) is 1.35. The average Bonchev–Trinajstić information content (AvgIpc) is 3.38. The Hall–Kier alpha value is -2.08. The number of fused-ring (bicyclic) bond motifs is 4. The van der Waals surface area contributed by atoms with Crippen LogP contribution in [0.2, 0.25) is 0 Å². The number of H-pyrrole nitrogens is 1. The third kappa shape index (κ3) is 2.99. The van der Waals surface area contributed by atoms with Gasteiger partial charge in [-0.15, -0.1) is 0 Å². The summed E-state index contributed by atoms with van der Waals surface area (Å²) in [6, 6.07) is 6.07. The van der Waals surface area contributed by atoms with Crippen LogP contribution in [0.15, 0.2) is 18.2 Å². The Balaban J connectivity index is 1.34. The highest BCUT2D eigenvalue weighted by Gasteiger charge is 2.35. The molecule has 3 aliphatic heterocycles. The van der Waals surface area contributed by atoms with Gasteiger partial charge in [0.25, 0.3) is 5.91 Å². The highest BCUT2D eigenvalue weighted by molar-refractivity contribution is 6.05. The van der Waals surface area contributed by atoms with E-state index in [1.54, 1.807) is 0 Å². The lowest BCUT2D eigenvalue weighted by molar-refractivity contribution is 0.0618. The van der Waals surface area contributed by atoms with E-state index in [4.69, 9.17) is 4.74 Å². The molecule has 4 fully saturated rings. The molecule has 0 radical (unpaired) electrons. The van der Waals surface area contributed by atoms with Crippen LogP contribution in [0.4, 0.5) is 0 Å². The molecule has 3 saturated heterocycles. The van der Waals surface area contributed by atoms with Gasteiger partial charge in [-0.3, -0.25) is 9.89 Å². The van der Waals surface area contributed by atoms with E-state index < -0.39 is 0 Å². The number of nitrogens with one attached hydrogen (secondary N) is 2. The Morgan fingerprint density at radius 2 is 2.12 bits per heavy atom. The molecule has 6 rings (SSSR count). The zero-order chi connectivity index (χ0) is 16.8. The third-order valence-electron chi connectivity index (χ3n) is 5.90.